The summed E-state index contributed by atoms with van der Waals surface area (Å²) in [6.45, 7) is 2.74. The Morgan fingerprint density at radius 2 is 1.73 bits per heavy atom. The summed E-state index contributed by atoms with van der Waals surface area (Å²) < 4.78 is 5.33. The van der Waals surface area contributed by atoms with Crippen molar-refractivity contribution in [1.29, 1.82) is 0 Å². The van der Waals surface area contributed by atoms with Gasteiger partial charge in [-0.05, 0) is 60.1 Å². The first-order valence-electron chi connectivity index (χ1n) is 9.96. The van der Waals surface area contributed by atoms with Gasteiger partial charge in [-0.2, -0.15) is 0 Å². The van der Waals surface area contributed by atoms with Gasteiger partial charge in [-0.25, -0.2) is 0 Å². The summed E-state index contributed by atoms with van der Waals surface area (Å²) in [6, 6.07) is 24.7. The third kappa shape index (κ3) is 4.31. The van der Waals surface area contributed by atoms with Crippen LogP contribution in [0.15, 0.2) is 79.0 Å². The summed E-state index contributed by atoms with van der Waals surface area (Å²) in [5, 5.41) is 8.56. The first-order valence-corrected chi connectivity index (χ1v) is 10.4. The van der Waals surface area contributed by atoms with Crippen LogP contribution in [0.5, 0.6) is 5.75 Å². The van der Waals surface area contributed by atoms with Gasteiger partial charge >= 0.3 is 0 Å². The Morgan fingerprint density at radius 3 is 2.50 bits per heavy atom. The first kappa shape index (κ1) is 20.0. The number of benzene rings is 3. The normalized spacial score (nSPS) is 11.8. The molecule has 0 aliphatic carbocycles. The Bertz CT molecular complexity index is 1150. The third-order valence-corrected chi connectivity index (χ3v) is 5.62. The number of anilines is 1. The average Bonchev–Trinajstić information content (AvgIpc) is 3.20. The van der Waals surface area contributed by atoms with Crippen molar-refractivity contribution in [1.82, 2.24) is 10.3 Å². The molecule has 5 heteroatoms. The molecular formula is C25H25N3OS. The molecule has 0 amide bonds. The van der Waals surface area contributed by atoms with Crippen LogP contribution in [0, 0.1) is 6.92 Å². The number of aromatic amines is 1. The molecule has 0 unspecified atom stereocenters. The Balaban J connectivity index is 1.59. The van der Waals surface area contributed by atoms with E-state index in [1.807, 2.05) is 36.4 Å². The highest BCUT2D eigenvalue weighted by Crippen LogP contribution is 2.31. The lowest BCUT2D eigenvalue weighted by Crippen LogP contribution is -2.32. The molecule has 0 aliphatic rings. The van der Waals surface area contributed by atoms with Crippen LogP contribution in [-0.4, -0.2) is 23.8 Å². The number of aromatic nitrogens is 1. The standard InChI is InChI=1S/C25H25N3OS/c1-17-7-3-5-9-23(17)28-25(30)27-15-21(18-11-13-19(29-2)14-12-18)22-16-26-24-10-6-4-8-20(22)24/h3-14,16,21,26H,15H2,1-2H3,(H2,27,28,30)/t21-/m0/s1. The van der Waals surface area contributed by atoms with E-state index in [4.69, 9.17) is 17.0 Å². The number of hydrogen-bond donors (Lipinski definition) is 3. The van der Waals surface area contributed by atoms with Crippen molar-refractivity contribution >= 4 is 33.9 Å². The van der Waals surface area contributed by atoms with Gasteiger partial charge in [0, 0.05) is 35.2 Å². The highest BCUT2D eigenvalue weighted by atomic mass is 32.1. The largest absolute Gasteiger partial charge is 0.497 e. The van der Waals surface area contributed by atoms with Gasteiger partial charge in [-0.15, -0.1) is 0 Å². The molecule has 4 rings (SSSR count). The monoisotopic (exact) mass is 415 g/mol. The van der Waals surface area contributed by atoms with Crippen molar-refractivity contribution in [3.8, 4) is 5.75 Å². The number of methoxy groups -OCH3 is 1. The maximum Gasteiger partial charge on any atom is 0.170 e. The van der Waals surface area contributed by atoms with Gasteiger partial charge in [-0.3, -0.25) is 0 Å². The van der Waals surface area contributed by atoms with Gasteiger partial charge in [-0.1, -0.05) is 48.5 Å². The van der Waals surface area contributed by atoms with E-state index in [9.17, 15) is 0 Å². The van der Waals surface area contributed by atoms with Gasteiger partial charge in [0.05, 0.1) is 7.11 Å². The molecule has 3 N–H and O–H groups in total. The Labute approximate surface area is 182 Å². The molecule has 3 aromatic carbocycles. The molecule has 0 saturated heterocycles. The summed E-state index contributed by atoms with van der Waals surface area (Å²) in [4.78, 5) is 3.39. The van der Waals surface area contributed by atoms with E-state index in [0.717, 1.165) is 22.5 Å². The second-order valence-electron chi connectivity index (χ2n) is 7.27. The Kier molecular flexibility index (Phi) is 6.00. The zero-order valence-corrected chi connectivity index (χ0v) is 17.9. The molecule has 30 heavy (non-hydrogen) atoms. The van der Waals surface area contributed by atoms with E-state index in [1.54, 1.807) is 7.11 Å². The van der Waals surface area contributed by atoms with E-state index < -0.39 is 0 Å². The fraction of sp³-hybridized carbons (Fsp3) is 0.160. The molecule has 4 nitrogen and oxygen atoms in total. The molecule has 0 aliphatic heterocycles. The third-order valence-electron chi connectivity index (χ3n) is 5.37. The molecule has 0 radical (unpaired) electrons. The van der Waals surface area contributed by atoms with Crippen molar-refractivity contribution in [3.05, 3.63) is 95.7 Å². The number of para-hydroxylation sites is 2. The van der Waals surface area contributed by atoms with Crippen molar-refractivity contribution < 1.29 is 4.74 Å². The molecule has 0 fully saturated rings. The van der Waals surface area contributed by atoms with Gasteiger partial charge in [0.15, 0.2) is 5.11 Å². The quantitative estimate of drug-likeness (QED) is 0.359. The van der Waals surface area contributed by atoms with Crippen LogP contribution >= 0.6 is 12.2 Å². The fourth-order valence-electron chi connectivity index (χ4n) is 3.70. The highest BCUT2D eigenvalue weighted by molar-refractivity contribution is 7.80. The van der Waals surface area contributed by atoms with Crippen LogP contribution in [-0.2, 0) is 0 Å². The van der Waals surface area contributed by atoms with Crippen molar-refractivity contribution in [3.63, 3.8) is 0 Å². The summed E-state index contributed by atoms with van der Waals surface area (Å²) in [6.07, 6.45) is 2.10. The second kappa shape index (κ2) is 9.01. The van der Waals surface area contributed by atoms with Crippen LogP contribution in [0.2, 0.25) is 0 Å². The number of aryl methyl sites for hydroxylation is 1. The van der Waals surface area contributed by atoms with E-state index in [1.165, 1.54) is 16.5 Å². The lowest BCUT2D eigenvalue weighted by Gasteiger charge is -2.20. The van der Waals surface area contributed by atoms with Crippen LogP contribution in [0.25, 0.3) is 10.9 Å². The van der Waals surface area contributed by atoms with Crippen molar-refractivity contribution in [2.45, 2.75) is 12.8 Å². The average molecular weight is 416 g/mol. The van der Waals surface area contributed by atoms with E-state index in [0.29, 0.717) is 11.7 Å². The van der Waals surface area contributed by atoms with Crippen LogP contribution in [0.1, 0.15) is 22.6 Å². The molecule has 1 aromatic heterocycles. The summed E-state index contributed by atoms with van der Waals surface area (Å²) in [5.74, 6) is 0.977. The minimum absolute atomic E-state index is 0.128. The number of nitrogens with one attached hydrogen (secondary N) is 3. The second-order valence-corrected chi connectivity index (χ2v) is 7.67. The number of ether oxygens (including phenoxy) is 1. The van der Waals surface area contributed by atoms with Crippen LogP contribution in [0.4, 0.5) is 5.69 Å². The van der Waals surface area contributed by atoms with Gasteiger partial charge in [0.25, 0.3) is 0 Å². The zero-order chi connectivity index (χ0) is 20.9. The maximum atomic E-state index is 5.58. The van der Waals surface area contributed by atoms with Gasteiger partial charge in [0.2, 0.25) is 0 Å². The van der Waals surface area contributed by atoms with Gasteiger partial charge in [0.1, 0.15) is 5.75 Å². The van der Waals surface area contributed by atoms with Crippen LogP contribution < -0.4 is 15.4 Å². The van der Waals surface area contributed by atoms with E-state index in [-0.39, 0.29) is 5.92 Å². The predicted octanol–water partition coefficient (Wildman–Crippen LogP) is 5.60. The van der Waals surface area contributed by atoms with Crippen molar-refractivity contribution in [2.24, 2.45) is 0 Å². The molecule has 1 heterocycles. The summed E-state index contributed by atoms with van der Waals surface area (Å²) in [7, 11) is 1.68. The van der Waals surface area contributed by atoms with E-state index >= 15 is 0 Å². The number of hydrogen-bond acceptors (Lipinski definition) is 2. The molecule has 0 spiro atoms. The molecule has 0 bridgehead atoms. The number of H-pyrrole nitrogens is 1. The minimum atomic E-state index is 0.128. The molecule has 4 aromatic rings. The number of fused-ring (bicyclic) bond motifs is 1. The molecule has 152 valence electrons. The Morgan fingerprint density at radius 1 is 1.00 bits per heavy atom. The SMILES string of the molecule is COc1ccc([C@H](CNC(=S)Nc2ccccc2C)c2c[nH]c3ccccc23)cc1. The Hall–Kier alpha value is -3.31. The first-order chi connectivity index (χ1) is 14.7. The number of rotatable bonds is 6. The summed E-state index contributed by atoms with van der Waals surface area (Å²) >= 11 is 5.58. The number of thiocarbonyl (C=S) groups is 1. The highest BCUT2D eigenvalue weighted by Gasteiger charge is 2.19. The predicted molar refractivity (Wildman–Crippen MR) is 129 cm³/mol. The molecule has 0 saturated carbocycles. The van der Waals surface area contributed by atoms with Gasteiger partial charge < -0.3 is 20.4 Å². The van der Waals surface area contributed by atoms with E-state index in [2.05, 4.69) is 65.1 Å². The maximum absolute atomic E-state index is 5.58. The van der Waals surface area contributed by atoms with Crippen molar-refractivity contribution in [2.75, 3.05) is 19.0 Å². The smallest absolute Gasteiger partial charge is 0.170 e. The summed E-state index contributed by atoms with van der Waals surface area (Å²) in [5.41, 5.74) is 5.74. The lowest BCUT2D eigenvalue weighted by molar-refractivity contribution is 0.414. The molecule has 1 atom stereocenters. The lowest BCUT2D eigenvalue weighted by atomic mass is 9.91. The minimum Gasteiger partial charge on any atom is -0.497 e. The zero-order valence-electron chi connectivity index (χ0n) is 17.1. The fourth-order valence-corrected chi connectivity index (χ4v) is 3.89. The molecular weight excluding hydrogens is 390 g/mol. The topological polar surface area (TPSA) is 49.1 Å². The van der Waals surface area contributed by atoms with Crippen LogP contribution in [0.3, 0.4) is 0 Å².